The van der Waals surface area contributed by atoms with Gasteiger partial charge in [-0.15, -0.1) is 0 Å². The molecule has 0 aromatic rings. The predicted molar refractivity (Wildman–Crippen MR) is 121 cm³/mol. The fourth-order valence-electron chi connectivity index (χ4n) is 3.67. The summed E-state index contributed by atoms with van der Waals surface area (Å²) in [7, 11) is 4.70. The second-order valence-corrected chi connectivity index (χ2v) is 20.8. The van der Waals surface area contributed by atoms with Crippen LogP contribution in [0.1, 0.15) is 66.2 Å². The van der Waals surface area contributed by atoms with E-state index in [4.69, 9.17) is 14.2 Å². The number of methoxy groups -OCH3 is 3. The maximum absolute atomic E-state index is 11.6. The molecule has 5 heteroatoms. The Morgan fingerprint density at radius 3 is 1.75 bits per heavy atom. The van der Waals surface area contributed by atoms with E-state index >= 15 is 0 Å². The summed E-state index contributed by atoms with van der Waals surface area (Å²) in [4.78, 5) is 11.6. The van der Waals surface area contributed by atoms with Gasteiger partial charge in [-0.05, 0) is 0 Å². The SMILES string of the molecule is CCC[CH2][Sn](/[CH]=C/[C@H](OC)[C@@H](C)/C(=C\C(=O)OC)OC)([CH2]CCC)[CH2]CCC. The van der Waals surface area contributed by atoms with E-state index in [1.54, 1.807) is 14.2 Å². The van der Waals surface area contributed by atoms with Gasteiger partial charge >= 0.3 is 178 Å². The van der Waals surface area contributed by atoms with Crippen LogP contribution < -0.4 is 0 Å². The summed E-state index contributed by atoms with van der Waals surface area (Å²) in [6, 6.07) is 0. The van der Waals surface area contributed by atoms with E-state index in [0.29, 0.717) is 5.76 Å². The molecule has 2 atom stereocenters. The van der Waals surface area contributed by atoms with E-state index < -0.39 is 24.3 Å². The van der Waals surface area contributed by atoms with Crippen LogP contribution in [0.2, 0.25) is 13.3 Å². The molecule has 0 saturated heterocycles. The molecule has 0 aliphatic carbocycles. The van der Waals surface area contributed by atoms with E-state index in [2.05, 4.69) is 30.9 Å². The molecular weight excluding hydrogens is 459 g/mol. The molecule has 0 aliphatic heterocycles. The standard InChI is InChI=1S/C11H17O4.3C4H9.Sn/c1-6-9(13-3)8(2)10(14-4)7-11(12)15-5;3*1-3-4-2;/h1,6-9H,2-5H3;3*1,3-4H2,2H3;/b6-1?,10-7+;;;;/t8-,9+;;;;/m1..../s1. The third-order valence-electron chi connectivity index (χ3n) is 5.63. The van der Waals surface area contributed by atoms with Crippen LogP contribution in [0.25, 0.3) is 0 Å². The van der Waals surface area contributed by atoms with Crippen LogP contribution in [0.3, 0.4) is 0 Å². The van der Waals surface area contributed by atoms with Gasteiger partial charge in [0, 0.05) is 0 Å². The zero-order chi connectivity index (χ0) is 21.4. The Hall–Kier alpha value is -0.491. The third kappa shape index (κ3) is 10.3. The summed E-state index contributed by atoms with van der Waals surface area (Å²) in [5, 5.41) is 0. The summed E-state index contributed by atoms with van der Waals surface area (Å²) in [6.07, 6.45) is 11.4. The molecule has 0 amide bonds. The van der Waals surface area contributed by atoms with Gasteiger partial charge < -0.3 is 0 Å². The molecule has 164 valence electrons. The van der Waals surface area contributed by atoms with Crippen molar-refractivity contribution in [3.05, 3.63) is 22.0 Å². The van der Waals surface area contributed by atoms with Gasteiger partial charge in [0.05, 0.1) is 0 Å². The zero-order valence-electron chi connectivity index (χ0n) is 19.4. The predicted octanol–water partition coefficient (Wildman–Crippen LogP) is 6.29. The summed E-state index contributed by atoms with van der Waals surface area (Å²) in [5.41, 5.74) is 0. The van der Waals surface area contributed by atoms with Crippen molar-refractivity contribution < 1.29 is 19.0 Å². The Balaban J connectivity index is 5.60. The number of hydrogen-bond donors (Lipinski definition) is 0. The van der Waals surface area contributed by atoms with Gasteiger partial charge in [0.25, 0.3) is 0 Å². The van der Waals surface area contributed by atoms with Crippen molar-refractivity contribution >= 4 is 24.3 Å². The van der Waals surface area contributed by atoms with E-state index in [1.165, 1.54) is 65.0 Å². The summed E-state index contributed by atoms with van der Waals surface area (Å²) in [5.74, 6) is 0.155. The Kier molecular flexibility index (Phi) is 16.0. The topological polar surface area (TPSA) is 44.8 Å². The first-order valence-electron chi connectivity index (χ1n) is 11.0. The number of hydrogen-bond acceptors (Lipinski definition) is 4. The number of rotatable bonds is 16. The Bertz CT molecular complexity index is 451. The number of unbranched alkanes of at least 4 members (excludes halogenated alkanes) is 3. The van der Waals surface area contributed by atoms with Gasteiger partial charge in [-0.2, -0.15) is 0 Å². The van der Waals surface area contributed by atoms with Crippen molar-refractivity contribution in [2.24, 2.45) is 5.92 Å². The minimum atomic E-state index is -2.36. The molecule has 0 N–H and O–H groups in total. The first kappa shape index (κ1) is 27.5. The van der Waals surface area contributed by atoms with Crippen molar-refractivity contribution in [3.63, 3.8) is 0 Å². The van der Waals surface area contributed by atoms with Crippen LogP contribution >= 0.6 is 0 Å². The van der Waals surface area contributed by atoms with Crippen LogP contribution in [0.4, 0.5) is 0 Å². The van der Waals surface area contributed by atoms with E-state index in [9.17, 15) is 4.79 Å². The molecule has 0 heterocycles. The maximum atomic E-state index is 11.6. The quantitative estimate of drug-likeness (QED) is 0.108. The Labute approximate surface area is 178 Å². The van der Waals surface area contributed by atoms with Crippen molar-refractivity contribution in [1.29, 1.82) is 0 Å². The summed E-state index contributed by atoms with van der Waals surface area (Å²) < 4.78 is 22.9. The van der Waals surface area contributed by atoms with E-state index in [0.717, 1.165) is 0 Å². The molecule has 0 saturated carbocycles. The molecule has 0 radical (unpaired) electrons. The van der Waals surface area contributed by atoms with Crippen LogP contribution in [-0.4, -0.2) is 51.8 Å². The average Bonchev–Trinajstić information content (AvgIpc) is 2.72. The normalized spacial score (nSPS) is 14.9. The second kappa shape index (κ2) is 16.3. The fraction of sp³-hybridized carbons (Fsp3) is 0.783. The minimum absolute atomic E-state index is 0.0436. The third-order valence-corrected chi connectivity index (χ3v) is 19.8. The average molecular weight is 503 g/mol. The van der Waals surface area contributed by atoms with Gasteiger partial charge in [0.2, 0.25) is 0 Å². The van der Waals surface area contributed by atoms with Crippen molar-refractivity contribution in [2.45, 2.75) is 85.6 Å². The van der Waals surface area contributed by atoms with Crippen LogP contribution in [0, 0.1) is 5.92 Å². The number of ether oxygens (including phenoxy) is 3. The molecule has 0 aromatic carbocycles. The molecular formula is C23H44O4Sn. The summed E-state index contributed by atoms with van der Waals surface area (Å²) in [6.45, 7) is 8.92. The van der Waals surface area contributed by atoms with Crippen molar-refractivity contribution in [3.8, 4) is 0 Å². The molecule has 4 nitrogen and oxygen atoms in total. The van der Waals surface area contributed by atoms with Gasteiger partial charge in [-0.3, -0.25) is 0 Å². The first-order valence-corrected chi connectivity index (χ1v) is 18.7. The zero-order valence-corrected chi connectivity index (χ0v) is 22.2. The first-order chi connectivity index (χ1) is 13.4. The molecule has 28 heavy (non-hydrogen) atoms. The molecule has 0 rings (SSSR count). The molecule has 0 unspecified atom stereocenters. The summed E-state index contributed by atoms with van der Waals surface area (Å²) >= 11 is -2.36. The van der Waals surface area contributed by atoms with Gasteiger partial charge in [0.1, 0.15) is 0 Å². The molecule has 0 aromatic heterocycles. The number of carbonyl (C=O) groups excluding carboxylic acids is 1. The van der Waals surface area contributed by atoms with Crippen molar-refractivity contribution in [1.82, 2.24) is 0 Å². The second-order valence-electron chi connectivity index (χ2n) is 7.80. The van der Waals surface area contributed by atoms with E-state index in [1.807, 2.05) is 6.92 Å². The Morgan fingerprint density at radius 1 is 0.893 bits per heavy atom. The molecule has 0 bridgehead atoms. The monoisotopic (exact) mass is 504 g/mol. The Morgan fingerprint density at radius 2 is 1.39 bits per heavy atom. The number of carbonyl (C=O) groups is 1. The molecule has 0 fully saturated rings. The van der Waals surface area contributed by atoms with E-state index in [-0.39, 0.29) is 12.0 Å². The van der Waals surface area contributed by atoms with Crippen LogP contribution in [-0.2, 0) is 19.0 Å². The molecule has 0 aliphatic rings. The van der Waals surface area contributed by atoms with Crippen molar-refractivity contribution in [2.75, 3.05) is 21.3 Å². The number of esters is 1. The van der Waals surface area contributed by atoms with Crippen LogP contribution in [0.5, 0.6) is 0 Å². The van der Waals surface area contributed by atoms with Gasteiger partial charge in [0.15, 0.2) is 0 Å². The van der Waals surface area contributed by atoms with Gasteiger partial charge in [-0.1, -0.05) is 0 Å². The van der Waals surface area contributed by atoms with Crippen LogP contribution in [0.15, 0.2) is 22.0 Å². The molecule has 0 spiro atoms. The fourth-order valence-corrected chi connectivity index (χ4v) is 18.0. The van der Waals surface area contributed by atoms with Gasteiger partial charge in [-0.25, -0.2) is 0 Å².